The summed E-state index contributed by atoms with van der Waals surface area (Å²) >= 11 is 0. The first-order chi connectivity index (χ1) is 11.6. The lowest BCUT2D eigenvalue weighted by Crippen LogP contribution is -2.39. The largest absolute Gasteiger partial charge is 0.342 e. The molecule has 126 valence electrons. The summed E-state index contributed by atoms with van der Waals surface area (Å²) < 4.78 is 13.2. The highest BCUT2D eigenvalue weighted by Crippen LogP contribution is 2.26. The van der Waals surface area contributed by atoms with Crippen molar-refractivity contribution in [3.8, 4) is 0 Å². The van der Waals surface area contributed by atoms with Crippen LogP contribution in [-0.4, -0.2) is 33.9 Å². The van der Waals surface area contributed by atoms with Crippen molar-refractivity contribution in [2.24, 2.45) is 0 Å². The minimum Gasteiger partial charge on any atom is -0.342 e. The van der Waals surface area contributed by atoms with E-state index in [1.807, 2.05) is 24.0 Å². The molecule has 0 spiro atoms. The maximum atomic E-state index is 13.2. The van der Waals surface area contributed by atoms with Gasteiger partial charge in [-0.3, -0.25) is 4.79 Å². The molecule has 0 N–H and O–H groups in total. The van der Waals surface area contributed by atoms with E-state index in [2.05, 4.69) is 9.97 Å². The van der Waals surface area contributed by atoms with E-state index in [1.54, 1.807) is 12.3 Å². The first-order valence-electron chi connectivity index (χ1n) is 8.43. The molecular weight excluding hydrogens is 305 g/mol. The van der Waals surface area contributed by atoms with Gasteiger partial charge in [0.15, 0.2) is 0 Å². The van der Waals surface area contributed by atoms with E-state index < -0.39 is 0 Å². The molecule has 5 heteroatoms. The second-order valence-electron chi connectivity index (χ2n) is 6.34. The Labute approximate surface area is 141 Å². The van der Waals surface area contributed by atoms with E-state index in [9.17, 15) is 9.18 Å². The van der Waals surface area contributed by atoms with Crippen molar-refractivity contribution in [1.82, 2.24) is 14.9 Å². The van der Waals surface area contributed by atoms with Crippen molar-refractivity contribution < 1.29 is 9.18 Å². The molecule has 1 aromatic heterocycles. The van der Waals surface area contributed by atoms with Gasteiger partial charge in [0, 0.05) is 37.3 Å². The molecule has 1 atom stereocenters. The number of halogens is 1. The summed E-state index contributed by atoms with van der Waals surface area (Å²) in [5.74, 6) is 0.924. The van der Waals surface area contributed by atoms with Crippen molar-refractivity contribution in [3.05, 3.63) is 59.4 Å². The van der Waals surface area contributed by atoms with E-state index in [4.69, 9.17) is 0 Å². The van der Waals surface area contributed by atoms with Crippen LogP contribution in [-0.2, 0) is 11.2 Å². The van der Waals surface area contributed by atoms with Gasteiger partial charge in [0.05, 0.1) is 0 Å². The number of aryl methyl sites for hydroxylation is 2. The van der Waals surface area contributed by atoms with Crippen LogP contribution in [0.5, 0.6) is 0 Å². The highest BCUT2D eigenvalue weighted by Gasteiger charge is 2.25. The summed E-state index contributed by atoms with van der Waals surface area (Å²) in [5.41, 5.74) is 1.88. The lowest BCUT2D eigenvalue weighted by atomic mass is 9.94. The van der Waals surface area contributed by atoms with Crippen LogP contribution in [0.3, 0.4) is 0 Å². The number of nitrogens with zero attached hydrogens (tertiary/aromatic N) is 3. The highest BCUT2D eigenvalue weighted by molar-refractivity contribution is 5.76. The highest BCUT2D eigenvalue weighted by atomic mass is 19.1. The second kappa shape index (κ2) is 7.51. The van der Waals surface area contributed by atoms with E-state index in [0.717, 1.165) is 36.5 Å². The fraction of sp³-hybridized carbons (Fsp3) is 0.421. The Hall–Kier alpha value is -2.30. The summed E-state index contributed by atoms with van der Waals surface area (Å²) in [7, 11) is 0. The van der Waals surface area contributed by atoms with Crippen LogP contribution in [0.4, 0.5) is 4.39 Å². The van der Waals surface area contributed by atoms with Crippen molar-refractivity contribution in [2.45, 2.75) is 38.5 Å². The number of carbonyl (C=O) groups excluding carboxylic acids is 1. The topological polar surface area (TPSA) is 46.1 Å². The fourth-order valence-corrected chi connectivity index (χ4v) is 3.25. The minimum absolute atomic E-state index is 0.134. The third-order valence-corrected chi connectivity index (χ3v) is 4.51. The Morgan fingerprint density at radius 2 is 2.25 bits per heavy atom. The van der Waals surface area contributed by atoms with Crippen molar-refractivity contribution in [2.75, 3.05) is 13.1 Å². The van der Waals surface area contributed by atoms with Gasteiger partial charge >= 0.3 is 0 Å². The summed E-state index contributed by atoms with van der Waals surface area (Å²) in [6.45, 7) is 3.38. The average Bonchev–Trinajstić information content (AvgIpc) is 2.60. The zero-order valence-corrected chi connectivity index (χ0v) is 13.9. The van der Waals surface area contributed by atoms with Gasteiger partial charge in [-0.2, -0.15) is 0 Å². The number of hydrogen-bond acceptors (Lipinski definition) is 3. The van der Waals surface area contributed by atoms with E-state index in [0.29, 0.717) is 19.4 Å². The van der Waals surface area contributed by atoms with Crippen molar-refractivity contribution in [3.63, 3.8) is 0 Å². The predicted octanol–water partition coefficient (Wildman–Crippen LogP) is 3.26. The maximum absolute atomic E-state index is 13.2. The lowest BCUT2D eigenvalue weighted by Gasteiger charge is -2.32. The molecule has 0 radical (unpaired) electrons. The molecule has 0 bridgehead atoms. The Kier molecular flexibility index (Phi) is 5.18. The molecule has 4 nitrogen and oxygen atoms in total. The Morgan fingerprint density at radius 3 is 3.04 bits per heavy atom. The molecule has 1 amide bonds. The average molecular weight is 327 g/mol. The summed E-state index contributed by atoms with van der Waals surface area (Å²) in [5, 5.41) is 0. The monoisotopic (exact) mass is 327 g/mol. The van der Waals surface area contributed by atoms with Gasteiger partial charge < -0.3 is 4.90 Å². The van der Waals surface area contributed by atoms with Gasteiger partial charge in [-0.25, -0.2) is 14.4 Å². The number of rotatable bonds is 4. The third-order valence-electron chi connectivity index (χ3n) is 4.51. The number of carbonyl (C=O) groups is 1. The van der Waals surface area contributed by atoms with Crippen LogP contribution in [0.25, 0.3) is 0 Å². The van der Waals surface area contributed by atoms with Gasteiger partial charge in [0.2, 0.25) is 5.91 Å². The number of hydrogen-bond donors (Lipinski definition) is 0. The van der Waals surface area contributed by atoms with E-state index >= 15 is 0 Å². The maximum Gasteiger partial charge on any atom is 0.222 e. The van der Waals surface area contributed by atoms with Gasteiger partial charge in [-0.1, -0.05) is 12.1 Å². The zero-order chi connectivity index (χ0) is 16.9. The molecule has 2 heterocycles. The minimum atomic E-state index is -0.253. The van der Waals surface area contributed by atoms with Crippen LogP contribution in [0.1, 0.15) is 42.3 Å². The standard InChI is InChI=1S/C19H22FN3O/c1-14-21-10-9-18(22-14)16-5-3-11-23(13-16)19(24)8-7-15-4-2-6-17(20)12-15/h2,4,6,9-10,12,16H,3,5,7-8,11,13H2,1H3/t16-/m0/s1. The van der Waals surface area contributed by atoms with Crippen LogP contribution < -0.4 is 0 Å². The van der Waals surface area contributed by atoms with E-state index in [-0.39, 0.29) is 17.6 Å². The van der Waals surface area contributed by atoms with Gasteiger partial charge in [0.1, 0.15) is 11.6 Å². The first kappa shape index (κ1) is 16.6. The normalized spacial score (nSPS) is 17.8. The summed E-state index contributed by atoms with van der Waals surface area (Å²) in [6, 6.07) is 8.40. The van der Waals surface area contributed by atoms with Gasteiger partial charge in [0.25, 0.3) is 0 Å². The quantitative estimate of drug-likeness (QED) is 0.866. The third kappa shape index (κ3) is 4.16. The molecule has 1 fully saturated rings. The first-order valence-corrected chi connectivity index (χ1v) is 8.43. The molecular formula is C19H22FN3O. The van der Waals surface area contributed by atoms with Crippen LogP contribution >= 0.6 is 0 Å². The van der Waals surface area contributed by atoms with Crippen LogP contribution in [0.2, 0.25) is 0 Å². The lowest BCUT2D eigenvalue weighted by molar-refractivity contribution is -0.132. The van der Waals surface area contributed by atoms with E-state index in [1.165, 1.54) is 12.1 Å². The number of piperidine rings is 1. The molecule has 1 aliphatic heterocycles. The van der Waals surface area contributed by atoms with Crippen molar-refractivity contribution in [1.29, 1.82) is 0 Å². The Morgan fingerprint density at radius 1 is 1.38 bits per heavy atom. The molecule has 3 rings (SSSR count). The van der Waals surface area contributed by atoms with Gasteiger partial charge in [-0.05, 0) is 49.9 Å². The molecule has 2 aromatic rings. The zero-order valence-electron chi connectivity index (χ0n) is 13.9. The Balaban J connectivity index is 1.59. The molecule has 1 aliphatic rings. The molecule has 24 heavy (non-hydrogen) atoms. The fourth-order valence-electron chi connectivity index (χ4n) is 3.25. The predicted molar refractivity (Wildman–Crippen MR) is 90.0 cm³/mol. The van der Waals surface area contributed by atoms with Gasteiger partial charge in [-0.15, -0.1) is 0 Å². The summed E-state index contributed by atoms with van der Waals surface area (Å²) in [4.78, 5) is 23.1. The SMILES string of the molecule is Cc1nccc([C@H]2CCCN(C(=O)CCc3cccc(F)c3)C2)n1. The van der Waals surface area contributed by atoms with Crippen LogP contribution in [0.15, 0.2) is 36.5 Å². The molecule has 1 saturated heterocycles. The van der Waals surface area contributed by atoms with Crippen molar-refractivity contribution >= 4 is 5.91 Å². The molecule has 1 aromatic carbocycles. The summed E-state index contributed by atoms with van der Waals surface area (Å²) in [6.07, 6.45) is 4.80. The number of benzene rings is 1. The number of amides is 1. The molecule has 0 unspecified atom stereocenters. The Bertz CT molecular complexity index is 719. The number of likely N-dealkylation sites (tertiary alicyclic amines) is 1. The second-order valence-corrected chi connectivity index (χ2v) is 6.34. The number of aromatic nitrogens is 2. The molecule has 0 saturated carbocycles. The smallest absolute Gasteiger partial charge is 0.222 e. The van der Waals surface area contributed by atoms with Crippen LogP contribution in [0, 0.1) is 12.7 Å². The molecule has 0 aliphatic carbocycles.